The molecule has 1 saturated heterocycles. The molecule has 0 aliphatic carbocycles. The van der Waals surface area contributed by atoms with Crippen LogP contribution in [0.3, 0.4) is 0 Å². The van der Waals surface area contributed by atoms with Gasteiger partial charge in [-0.05, 0) is 36.8 Å². The van der Waals surface area contributed by atoms with Crippen molar-refractivity contribution in [2.24, 2.45) is 4.99 Å². The van der Waals surface area contributed by atoms with Crippen molar-refractivity contribution < 1.29 is 18.3 Å². The summed E-state index contributed by atoms with van der Waals surface area (Å²) in [5.74, 6) is 2.09. The number of hydrogen-bond donors (Lipinski definition) is 3. The Labute approximate surface area is 167 Å². The lowest BCUT2D eigenvalue weighted by Gasteiger charge is -2.23. The van der Waals surface area contributed by atoms with Gasteiger partial charge in [0.1, 0.15) is 0 Å². The number of guanidine groups is 1. The zero-order valence-electron chi connectivity index (χ0n) is 13.9. The van der Waals surface area contributed by atoms with Gasteiger partial charge in [0.15, 0.2) is 5.96 Å². The quantitative estimate of drug-likeness (QED) is 0.338. The fourth-order valence-electron chi connectivity index (χ4n) is 2.34. The molecule has 4 nitrogen and oxygen atoms in total. The van der Waals surface area contributed by atoms with Gasteiger partial charge in [0, 0.05) is 18.8 Å². The van der Waals surface area contributed by atoms with E-state index in [-0.39, 0.29) is 30.5 Å². The summed E-state index contributed by atoms with van der Waals surface area (Å²) in [5.41, 5.74) is -0.945. The summed E-state index contributed by atoms with van der Waals surface area (Å²) < 4.78 is 38.2. The van der Waals surface area contributed by atoms with E-state index in [9.17, 15) is 18.3 Å². The molecule has 0 saturated carbocycles. The largest absolute Gasteiger partial charge is 0.416 e. The second-order valence-corrected chi connectivity index (χ2v) is 6.88. The van der Waals surface area contributed by atoms with Crippen molar-refractivity contribution in [2.75, 3.05) is 24.6 Å². The molecule has 0 bridgehead atoms. The highest BCUT2D eigenvalue weighted by molar-refractivity contribution is 14.0. The fourth-order valence-corrected chi connectivity index (χ4v) is 3.64. The second-order valence-electron chi connectivity index (χ2n) is 5.77. The van der Waals surface area contributed by atoms with Crippen LogP contribution in [-0.4, -0.2) is 41.3 Å². The van der Waals surface area contributed by atoms with Crippen LogP contribution in [-0.2, 0) is 12.7 Å². The van der Waals surface area contributed by atoms with E-state index >= 15 is 0 Å². The SMILES string of the molecule is CCNC(=NCc1cccc(C(F)(F)F)c1)NCC1(O)CCSC1.I. The van der Waals surface area contributed by atoms with E-state index in [1.807, 2.05) is 6.92 Å². The summed E-state index contributed by atoms with van der Waals surface area (Å²) in [5, 5.41) is 16.4. The maximum absolute atomic E-state index is 12.7. The molecule has 1 aromatic carbocycles. The van der Waals surface area contributed by atoms with Crippen molar-refractivity contribution in [1.82, 2.24) is 10.6 Å². The molecule has 0 spiro atoms. The zero-order valence-corrected chi connectivity index (χ0v) is 17.0. The highest BCUT2D eigenvalue weighted by atomic mass is 127. The number of nitrogens with one attached hydrogen (secondary N) is 2. The van der Waals surface area contributed by atoms with Gasteiger partial charge >= 0.3 is 6.18 Å². The molecule has 1 fully saturated rings. The van der Waals surface area contributed by atoms with Crippen LogP contribution in [0.25, 0.3) is 0 Å². The maximum atomic E-state index is 12.7. The topological polar surface area (TPSA) is 56.7 Å². The Bertz CT molecular complexity index is 578. The number of aliphatic imine (C=N–C) groups is 1. The van der Waals surface area contributed by atoms with Crippen LogP contribution in [0.15, 0.2) is 29.3 Å². The molecule has 3 N–H and O–H groups in total. The average molecular weight is 489 g/mol. The third kappa shape index (κ3) is 7.22. The van der Waals surface area contributed by atoms with E-state index < -0.39 is 17.3 Å². The van der Waals surface area contributed by atoms with Crippen molar-refractivity contribution in [2.45, 2.75) is 31.7 Å². The molecule has 9 heteroatoms. The first kappa shape index (κ1) is 22.4. The van der Waals surface area contributed by atoms with Gasteiger partial charge in [-0.3, -0.25) is 0 Å². The Kier molecular flexibility index (Phi) is 8.82. The third-order valence-electron chi connectivity index (χ3n) is 3.69. The first-order valence-corrected chi connectivity index (χ1v) is 8.96. The van der Waals surface area contributed by atoms with Gasteiger partial charge in [-0.1, -0.05) is 12.1 Å². The molecule has 1 aliphatic rings. The van der Waals surface area contributed by atoms with Gasteiger partial charge in [-0.2, -0.15) is 24.9 Å². The minimum absolute atomic E-state index is 0. The summed E-state index contributed by atoms with van der Waals surface area (Å²) in [6.07, 6.45) is -3.64. The number of hydrogen-bond acceptors (Lipinski definition) is 3. The van der Waals surface area contributed by atoms with Crippen LogP contribution < -0.4 is 10.6 Å². The Morgan fingerprint density at radius 3 is 2.72 bits per heavy atom. The van der Waals surface area contributed by atoms with Gasteiger partial charge in [-0.15, -0.1) is 24.0 Å². The fraction of sp³-hybridized carbons (Fsp3) is 0.562. The highest BCUT2D eigenvalue weighted by Gasteiger charge is 2.32. The molecule has 2 rings (SSSR count). The van der Waals surface area contributed by atoms with Gasteiger partial charge < -0.3 is 15.7 Å². The standard InChI is InChI=1S/C16H22F3N3OS.HI/c1-2-20-14(22-10-15(23)6-7-24-11-15)21-9-12-4-3-5-13(8-12)16(17,18)19;/h3-5,8,23H,2,6-7,9-11H2,1H3,(H2,20,21,22);1H. The van der Waals surface area contributed by atoms with Crippen molar-refractivity contribution in [3.05, 3.63) is 35.4 Å². The van der Waals surface area contributed by atoms with Crippen LogP contribution in [0.4, 0.5) is 13.2 Å². The van der Waals surface area contributed by atoms with Gasteiger partial charge in [-0.25, -0.2) is 4.99 Å². The Morgan fingerprint density at radius 2 is 2.12 bits per heavy atom. The lowest BCUT2D eigenvalue weighted by Crippen LogP contribution is -2.47. The summed E-state index contributed by atoms with van der Waals surface area (Å²) in [6, 6.07) is 5.15. The van der Waals surface area contributed by atoms with E-state index in [0.717, 1.165) is 24.3 Å². The Hall–Kier alpha value is -0.680. The Balaban J connectivity index is 0.00000312. The normalized spacial score (nSPS) is 20.9. The number of halogens is 4. The van der Waals surface area contributed by atoms with Gasteiger partial charge in [0.05, 0.1) is 17.7 Å². The number of benzene rings is 1. The predicted octanol–water partition coefficient (Wildman–Crippen LogP) is 3.25. The number of nitrogens with zero attached hydrogens (tertiary/aromatic N) is 1. The predicted molar refractivity (Wildman–Crippen MR) is 107 cm³/mol. The van der Waals surface area contributed by atoms with Gasteiger partial charge in [0.25, 0.3) is 0 Å². The molecule has 0 radical (unpaired) electrons. The average Bonchev–Trinajstić information content (AvgIpc) is 2.97. The number of rotatable bonds is 5. The molecule has 0 amide bonds. The summed E-state index contributed by atoms with van der Waals surface area (Å²) in [7, 11) is 0. The molecule has 25 heavy (non-hydrogen) atoms. The zero-order chi connectivity index (χ0) is 17.6. The van der Waals surface area contributed by atoms with Crippen LogP contribution in [0.1, 0.15) is 24.5 Å². The molecule has 1 heterocycles. The first-order valence-electron chi connectivity index (χ1n) is 7.81. The molecule has 1 atom stereocenters. The second kappa shape index (κ2) is 9.86. The lowest BCUT2D eigenvalue weighted by molar-refractivity contribution is -0.137. The van der Waals surface area contributed by atoms with Crippen molar-refractivity contribution in [3.63, 3.8) is 0 Å². The molecule has 142 valence electrons. The van der Waals surface area contributed by atoms with E-state index in [1.54, 1.807) is 17.8 Å². The molecular weight excluding hydrogens is 466 g/mol. The summed E-state index contributed by atoms with van der Waals surface area (Å²) in [4.78, 5) is 4.31. The van der Waals surface area contributed by atoms with Crippen LogP contribution in [0.5, 0.6) is 0 Å². The van der Waals surface area contributed by atoms with E-state index in [0.29, 0.717) is 30.4 Å². The number of alkyl halides is 3. The van der Waals surface area contributed by atoms with E-state index in [2.05, 4.69) is 15.6 Å². The highest BCUT2D eigenvalue weighted by Crippen LogP contribution is 2.29. The first-order chi connectivity index (χ1) is 11.3. The maximum Gasteiger partial charge on any atom is 0.416 e. The lowest BCUT2D eigenvalue weighted by atomic mass is 10.0. The summed E-state index contributed by atoms with van der Waals surface area (Å²) >= 11 is 1.70. The minimum atomic E-state index is -4.36. The molecule has 1 aliphatic heterocycles. The van der Waals surface area contributed by atoms with Gasteiger partial charge in [0.2, 0.25) is 0 Å². The smallest absolute Gasteiger partial charge is 0.387 e. The van der Waals surface area contributed by atoms with Crippen molar-refractivity contribution in [1.29, 1.82) is 0 Å². The Morgan fingerprint density at radius 1 is 1.36 bits per heavy atom. The minimum Gasteiger partial charge on any atom is -0.387 e. The van der Waals surface area contributed by atoms with E-state index in [4.69, 9.17) is 0 Å². The molecule has 1 aromatic rings. The van der Waals surface area contributed by atoms with Crippen LogP contribution in [0.2, 0.25) is 0 Å². The molecular formula is C16H23F3IN3OS. The van der Waals surface area contributed by atoms with Crippen LogP contribution in [0, 0.1) is 0 Å². The third-order valence-corrected chi connectivity index (χ3v) is 4.92. The monoisotopic (exact) mass is 489 g/mol. The molecule has 1 unspecified atom stereocenters. The molecule has 0 aromatic heterocycles. The number of aliphatic hydroxyl groups is 1. The van der Waals surface area contributed by atoms with E-state index in [1.165, 1.54) is 6.07 Å². The summed E-state index contributed by atoms with van der Waals surface area (Å²) in [6.45, 7) is 3.03. The van der Waals surface area contributed by atoms with Crippen LogP contribution >= 0.6 is 35.7 Å². The van der Waals surface area contributed by atoms with Crippen molar-refractivity contribution >= 4 is 41.7 Å². The number of thioether (sulfide) groups is 1. The van der Waals surface area contributed by atoms with Crippen molar-refractivity contribution in [3.8, 4) is 0 Å².